The number of carbonyl (C=O) groups is 2. The highest BCUT2D eigenvalue weighted by Crippen LogP contribution is 2.29. The van der Waals surface area contributed by atoms with E-state index in [0.717, 1.165) is 22.2 Å². The van der Waals surface area contributed by atoms with Crippen molar-refractivity contribution >= 4 is 23.6 Å². The summed E-state index contributed by atoms with van der Waals surface area (Å²) < 4.78 is 7.27. The molecule has 5 rings (SSSR count). The third kappa shape index (κ3) is 4.06. The second-order valence-corrected chi connectivity index (χ2v) is 8.65. The highest BCUT2D eigenvalue weighted by atomic mass is 32.2. The van der Waals surface area contributed by atoms with Gasteiger partial charge in [0, 0.05) is 35.9 Å². The minimum absolute atomic E-state index is 0.230. The number of hydrogen-bond acceptors (Lipinski definition) is 7. The standard InChI is InChI=1S/C25H21N5O3S/c1-33-19-9-7-18(8-10-19)30-22(17-11-13-26-14-12-17)27-28-25(30)34-16-4-15-29-23(31)20-5-2-3-6-21(20)24(29)32/h2-3,5-14H,4,15-16H2,1H3. The molecular weight excluding hydrogens is 450 g/mol. The number of pyridine rings is 1. The Balaban J connectivity index is 1.33. The number of imide groups is 1. The third-order valence-electron chi connectivity index (χ3n) is 5.54. The van der Waals surface area contributed by atoms with Crippen molar-refractivity contribution in [2.45, 2.75) is 11.6 Å². The number of hydrogen-bond donors (Lipinski definition) is 0. The molecule has 0 saturated carbocycles. The van der Waals surface area contributed by atoms with Crippen LogP contribution in [0.25, 0.3) is 17.1 Å². The lowest BCUT2D eigenvalue weighted by molar-refractivity contribution is 0.0655. The van der Waals surface area contributed by atoms with Gasteiger partial charge in [0.2, 0.25) is 0 Å². The van der Waals surface area contributed by atoms with Crippen LogP contribution in [-0.4, -0.2) is 55.9 Å². The van der Waals surface area contributed by atoms with Crippen molar-refractivity contribution in [2.75, 3.05) is 19.4 Å². The summed E-state index contributed by atoms with van der Waals surface area (Å²) in [6, 6.07) is 18.4. The fourth-order valence-corrected chi connectivity index (χ4v) is 4.72. The monoisotopic (exact) mass is 471 g/mol. The first-order valence-corrected chi connectivity index (χ1v) is 11.7. The molecular formula is C25H21N5O3S. The van der Waals surface area contributed by atoms with Gasteiger partial charge in [-0.1, -0.05) is 23.9 Å². The van der Waals surface area contributed by atoms with Gasteiger partial charge < -0.3 is 4.74 Å². The lowest BCUT2D eigenvalue weighted by atomic mass is 10.1. The van der Waals surface area contributed by atoms with Gasteiger partial charge in [-0.25, -0.2) is 0 Å². The van der Waals surface area contributed by atoms with E-state index in [0.29, 0.717) is 35.7 Å². The Bertz CT molecular complexity index is 1300. The number of amides is 2. The highest BCUT2D eigenvalue weighted by Gasteiger charge is 2.34. The number of aromatic nitrogens is 4. The van der Waals surface area contributed by atoms with Crippen LogP contribution in [0.5, 0.6) is 5.75 Å². The summed E-state index contributed by atoms with van der Waals surface area (Å²) in [4.78, 5) is 30.6. The van der Waals surface area contributed by atoms with Crippen molar-refractivity contribution in [1.29, 1.82) is 0 Å². The minimum atomic E-state index is -0.230. The second-order valence-electron chi connectivity index (χ2n) is 7.59. The molecule has 0 bridgehead atoms. The van der Waals surface area contributed by atoms with E-state index in [-0.39, 0.29) is 11.8 Å². The normalized spacial score (nSPS) is 12.8. The van der Waals surface area contributed by atoms with Crippen LogP contribution in [0.15, 0.2) is 78.2 Å². The molecule has 2 aromatic heterocycles. The fraction of sp³-hybridized carbons (Fsp3) is 0.160. The number of rotatable bonds is 8. The summed E-state index contributed by atoms with van der Waals surface area (Å²) in [7, 11) is 1.63. The number of carbonyl (C=O) groups excluding carboxylic acids is 2. The number of methoxy groups -OCH3 is 1. The molecule has 8 nitrogen and oxygen atoms in total. The van der Waals surface area contributed by atoms with Crippen LogP contribution < -0.4 is 4.74 Å². The summed E-state index contributed by atoms with van der Waals surface area (Å²) in [5, 5.41) is 9.57. The molecule has 2 amide bonds. The first-order valence-electron chi connectivity index (χ1n) is 10.8. The number of benzene rings is 2. The van der Waals surface area contributed by atoms with Gasteiger partial charge in [-0.2, -0.15) is 0 Å². The van der Waals surface area contributed by atoms with Crippen molar-refractivity contribution in [3.05, 3.63) is 84.2 Å². The van der Waals surface area contributed by atoms with Gasteiger partial charge in [-0.15, -0.1) is 10.2 Å². The molecule has 34 heavy (non-hydrogen) atoms. The van der Waals surface area contributed by atoms with E-state index < -0.39 is 0 Å². The summed E-state index contributed by atoms with van der Waals surface area (Å²) >= 11 is 1.53. The van der Waals surface area contributed by atoms with Crippen LogP contribution in [0.1, 0.15) is 27.1 Å². The molecule has 0 aliphatic carbocycles. The smallest absolute Gasteiger partial charge is 0.261 e. The van der Waals surface area contributed by atoms with E-state index >= 15 is 0 Å². The molecule has 1 aliphatic heterocycles. The Labute approximate surface area is 200 Å². The van der Waals surface area contributed by atoms with Gasteiger partial charge >= 0.3 is 0 Å². The Kier molecular flexibility index (Phi) is 6.09. The molecule has 0 spiro atoms. The van der Waals surface area contributed by atoms with E-state index in [4.69, 9.17) is 4.74 Å². The Morgan fingerprint density at radius 1 is 0.882 bits per heavy atom. The van der Waals surface area contributed by atoms with Gasteiger partial charge in [0.15, 0.2) is 11.0 Å². The number of fused-ring (bicyclic) bond motifs is 1. The van der Waals surface area contributed by atoms with E-state index in [1.807, 2.05) is 41.0 Å². The number of thioether (sulfide) groups is 1. The van der Waals surface area contributed by atoms with Gasteiger partial charge in [0.1, 0.15) is 5.75 Å². The predicted molar refractivity (Wildman–Crippen MR) is 128 cm³/mol. The minimum Gasteiger partial charge on any atom is -0.497 e. The van der Waals surface area contributed by atoms with Gasteiger partial charge in [-0.3, -0.25) is 24.0 Å². The van der Waals surface area contributed by atoms with Gasteiger partial charge in [-0.05, 0) is 55.0 Å². The topological polar surface area (TPSA) is 90.2 Å². The van der Waals surface area contributed by atoms with Crippen molar-refractivity contribution in [2.24, 2.45) is 0 Å². The predicted octanol–water partition coefficient (Wildman–Crippen LogP) is 4.12. The molecule has 0 saturated heterocycles. The molecule has 0 radical (unpaired) electrons. The third-order valence-corrected chi connectivity index (χ3v) is 6.55. The van der Waals surface area contributed by atoms with Gasteiger partial charge in [0.25, 0.3) is 11.8 Å². The maximum absolute atomic E-state index is 12.6. The lowest BCUT2D eigenvalue weighted by Crippen LogP contribution is -2.31. The van der Waals surface area contributed by atoms with Crippen LogP contribution in [0, 0.1) is 0 Å². The van der Waals surface area contributed by atoms with Crippen LogP contribution in [0.2, 0.25) is 0 Å². The van der Waals surface area contributed by atoms with Crippen molar-refractivity contribution in [3.8, 4) is 22.8 Å². The fourth-order valence-electron chi connectivity index (χ4n) is 3.84. The first-order chi connectivity index (χ1) is 16.7. The largest absolute Gasteiger partial charge is 0.497 e. The molecule has 170 valence electrons. The van der Waals surface area contributed by atoms with Crippen LogP contribution in [0.4, 0.5) is 0 Å². The molecule has 9 heteroatoms. The van der Waals surface area contributed by atoms with E-state index in [2.05, 4.69) is 15.2 Å². The van der Waals surface area contributed by atoms with Gasteiger partial charge in [0.05, 0.1) is 18.2 Å². The Morgan fingerprint density at radius 3 is 2.21 bits per heavy atom. The van der Waals surface area contributed by atoms with Crippen LogP contribution in [-0.2, 0) is 0 Å². The average molecular weight is 472 g/mol. The lowest BCUT2D eigenvalue weighted by Gasteiger charge is -2.14. The van der Waals surface area contributed by atoms with Crippen molar-refractivity contribution < 1.29 is 14.3 Å². The maximum atomic E-state index is 12.6. The van der Waals surface area contributed by atoms with E-state index in [1.165, 1.54) is 16.7 Å². The highest BCUT2D eigenvalue weighted by molar-refractivity contribution is 7.99. The van der Waals surface area contributed by atoms with Crippen molar-refractivity contribution in [1.82, 2.24) is 24.6 Å². The Hall–Kier alpha value is -3.98. The second kappa shape index (κ2) is 9.48. The molecule has 2 aromatic carbocycles. The SMILES string of the molecule is COc1ccc(-n2c(SCCCN3C(=O)c4ccccc4C3=O)nnc2-c2ccncc2)cc1. The molecule has 0 fully saturated rings. The zero-order valence-corrected chi connectivity index (χ0v) is 19.2. The first kappa shape index (κ1) is 21.8. The van der Waals surface area contributed by atoms with Crippen LogP contribution >= 0.6 is 11.8 Å². The van der Waals surface area contributed by atoms with E-state index in [9.17, 15) is 9.59 Å². The summed E-state index contributed by atoms with van der Waals surface area (Å²) in [5.74, 6) is 1.67. The Morgan fingerprint density at radius 2 is 1.56 bits per heavy atom. The molecule has 0 atom stereocenters. The average Bonchev–Trinajstić information content (AvgIpc) is 3.42. The maximum Gasteiger partial charge on any atom is 0.261 e. The molecule has 1 aliphatic rings. The molecule has 0 unspecified atom stereocenters. The molecule has 4 aromatic rings. The van der Waals surface area contributed by atoms with E-state index in [1.54, 1.807) is 43.8 Å². The molecule has 0 N–H and O–H groups in total. The van der Waals surface area contributed by atoms with Crippen molar-refractivity contribution in [3.63, 3.8) is 0 Å². The summed E-state index contributed by atoms with van der Waals surface area (Å²) in [6.07, 6.45) is 4.07. The number of ether oxygens (including phenoxy) is 1. The summed E-state index contributed by atoms with van der Waals surface area (Å²) in [5.41, 5.74) is 2.75. The molecule has 3 heterocycles. The zero-order valence-electron chi connectivity index (χ0n) is 18.4. The zero-order chi connectivity index (χ0) is 23.5. The number of nitrogens with zero attached hydrogens (tertiary/aromatic N) is 5. The van der Waals surface area contributed by atoms with Crippen LogP contribution in [0.3, 0.4) is 0 Å². The summed E-state index contributed by atoms with van der Waals surface area (Å²) in [6.45, 7) is 0.354. The quantitative estimate of drug-likeness (QED) is 0.217.